The third kappa shape index (κ3) is 21.1. The Labute approximate surface area is 170 Å². The molecule has 0 bridgehead atoms. The second kappa shape index (κ2) is 17.8. The molecule has 0 radical (unpaired) electrons. The van der Waals surface area contributed by atoms with Crippen LogP contribution in [0.25, 0.3) is 0 Å². The highest BCUT2D eigenvalue weighted by Gasteiger charge is 2.11. The van der Waals surface area contributed by atoms with Crippen LogP contribution in [-0.2, 0) is 28.5 Å². The standard InChI is InChI=1S/C20H40N2O6/c1-5-6-18(23)21-8-10-26-12-14-28-16-15-27-13-11-25-9-7-19(24)22-17-20(2,3)4/h5-17H2,1-4H3,(H,21,23)(H,22,24). The van der Waals surface area contributed by atoms with Gasteiger partial charge >= 0.3 is 0 Å². The predicted molar refractivity (Wildman–Crippen MR) is 108 cm³/mol. The van der Waals surface area contributed by atoms with Gasteiger partial charge in [0.15, 0.2) is 0 Å². The van der Waals surface area contributed by atoms with Crippen molar-refractivity contribution < 1.29 is 28.5 Å². The molecule has 2 N–H and O–H groups in total. The number of carbonyl (C=O) groups excluding carboxylic acids is 2. The maximum atomic E-state index is 11.6. The molecule has 0 unspecified atom stereocenters. The molecular weight excluding hydrogens is 364 g/mol. The zero-order chi connectivity index (χ0) is 21.1. The number of nitrogens with one attached hydrogen (secondary N) is 2. The van der Waals surface area contributed by atoms with Crippen LogP contribution in [0.5, 0.6) is 0 Å². The molecule has 0 heterocycles. The average molecular weight is 405 g/mol. The minimum atomic E-state index is 0.00908. The van der Waals surface area contributed by atoms with Gasteiger partial charge in [-0.2, -0.15) is 0 Å². The summed E-state index contributed by atoms with van der Waals surface area (Å²) in [7, 11) is 0. The van der Waals surface area contributed by atoms with Gasteiger partial charge in [-0.1, -0.05) is 27.7 Å². The molecule has 2 amide bonds. The predicted octanol–water partition coefficient (Wildman–Crippen LogP) is 1.52. The average Bonchev–Trinajstić information content (AvgIpc) is 2.62. The van der Waals surface area contributed by atoms with Crippen LogP contribution in [0.15, 0.2) is 0 Å². The summed E-state index contributed by atoms with van der Waals surface area (Å²) in [6, 6.07) is 0. The lowest BCUT2D eigenvalue weighted by Crippen LogP contribution is -2.32. The number of ether oxygens (including phenoxy) is 4. The summed E-state index contributed by atoms with van der Waals surface area (Å²) in [4.78, 5) is 22.8. The Balaban J connectivity index is 3.20. The second-order valence-corrected chi connectivity index (χ2v) is 7.64. The molecule has 0 aliphatic carbocycles. The molecule has 8 heteroatoms. The first-order valence-electron chi connectivity index (χ1n) is 10.2. The summed E-state index contributed by atoms with van der Waals surface area (Å²) in [5, 5.41) is 5.67. The van der Waals surface area contributed by atoms with Gasteiger partial charge in [-0.05, 0) is 11.8 Å². The SMILES string of the molecule is CCCC(=O)NCCOCCOCCOCCOCCC(=O)NCC(C)(C)C. The summed E-state index contributed by atoms with van der Waals surface area (Å²) in [5.41, 5.74) is 0.0877. The van der Waals surface area contributed by atoms with E-state index in [-0.39, 0.29) is 17.2 Å². The van der Waals surface area contributed by atoms with Gasteiger partial charge in [-0.15, -0.1) is 0 Å². The van der Waals surface area contributed by atoms with Crippen LogP contribution in [0, 0.1) is 5.41 Å². The number of hydrogen-bond acceptors (Lipinski definition) is 6. The number of hydrogen-bond donors (Lipinski definition) is 2. The molecule has 0 aromatic carbocycles. The Hall–Kier alpha value is -1.22. The minimum absolute atomic E-state index is 0.00908. The lowest BCUT2D eigenvalue weighted by Gasteiger charge is -2.18. The number of rotatable bonds is 18. The van der Waals surface area contributed by atoms with Crippen LogP contribution in [0.2, 0.25) is 0 Å². The van der Waals surface area contributed by atoms with Crippen molar-refractivity contribution in [3.63, 3.8) is 0 Å². The first-order chi connectivity index (χ1) is 13.3. The summed E-state index contributed by atoms with van der Waals surface area (Å²) in [6.07, 6.45) is 1.77. The molecule has 0 aromatic rings. The Kier molecular flexibility index (Phi) is 17.1. The molecule has 28 heavy (non-hydrogen) atoms. The van der Waals surface area contributed by atoms with Gasteiger partial charge in [-0.3, -0.25) is 9.59 Å². The van der Waals surface area contributed by atoms with Crippen molar-refractivity contribution in [3.8, 4) is 0 Å². The fraction of sp³-hybridized carbons (Fsp3) is 0.900. The molecule has 166 valence electrons. The molecule has 0 saturated carbocycles. The van der Waals surface area contributed by atoms with Crippen LogP contribution in [0.1, 0.15) is 47.0 Å². The lowest BCUT2D eigenvalue weighted by atomic mass is 9.97. The van der Waals surface area contributed by atoms with Crippen molar-refractivity contribution in [2.75, 3.05) is 65.9 Å². The molecule has 0 rings (SSSR count). The van der Waals surface area contributed by atoms with Crippen molar-refractivity contribution in [1.82, 2.24) is 10.6 Å². The van der Waals surface area contributed by atoms with E-state index >= 15 is 0 Å². The highest BCUT2D eigenvalue weighted by Crippen LogP contribution is 2.10. The quantitative estimate of drug-likeness (QED) is 0.336. The van der Waals surface area contributed by atoms with Crippen LogP contribution in [0.3, 0.4) is 0 Å². The number of carbonyl (C=O) groups is 2. The van der Waals surface area contributed by atoms with Gasteiger partial charge in [-0.25, -0.2) is 0 Å². The first-order valence-corrected chi connectivity index (χ1v) is 10.2. The minimum Gasteiger partial charge on any atom is -0.379 e. The first kappa shape index (κ1) is 26.8. The van der Waals surface area contributed by atoms with E-state index in [9.17, 15) is 9.59 Å². The van der Waals surface area contributed by atoms with Gasteiger partial charge in [0.2, 0.25) is 11.8 Å². The highest BCUT2D eigenvalue weighted by molar-refractivity contribution is 5.76. The van der Waals surface area contributed by atoms with Gasteiger partial charge in [0.25, 0.3) is 0 Å². The van der Waals surface area contributed by atoms with Crippen molar-refractivity contribution in [1.29, 1.82) is 0 Å². The van der Waals surface area contributed by atoms with E-state index < -0.39 is 0 Å². The Morgan fingerprint density at radius 1 is 0.679 bits per heavy atom. The van der Waals surface area contributed by atoms with Crippen molar-refractivity contribution in [2.24, 2.45) is 5.41 Å². The fourth-order valence-electron chi connectivity index (χ4n) is 1.96. The second-order valence-electron chi connectivity index (χ2n) is 7.64. The van der Waals surface area contributed by atoms with Gasteiger partial charge in [0.1, 0.15) is 0 Å². The van der Waals surface area contributed by atoms with Crippen molar-refractivity contribution >= 4 is 11.8 Å². The number of amides is 2. The smallest absolute Gasteiger partial charge is 0.222 e. The van der Waals surface area contributed by atoms with E-state index in [0.717, 1.165) is 6.42 Å². The monoisotopic (exact) mass is 404 g/mol. The molecular formula is C20H40N2O6. The molecule has 0 spiro atoms. The van der Waals surface area contributed by atoms with Gasteiger partial charge in [0.05, 0.1) is 52.9 Å². The van der Waals surface area contributed by atoms with Crippen LogP contribution >= 0.6 is 0 Å². The maximum Gasteiger partial charge on any atom is 0.222 e. The molecule has 0 aliphatic heterocycles. The summed E-state index contributed by atoms with van der Waals surface area (Å²) in [5.74, 6) is 0.0714. The van der Waals surface area contributed by atoms with Crippen LogP contribution in [0.4, 0.5) is 0 Å². The third-order valence-electron chi connectivity index (χ3n) is 3.45. The molecule has 0 aromatic heterocycles. The fourth-order valence-corrected chi connectivity index (χ4v) is 1.96. The van der Waals surface area contributed by atoms with E-state index in [1.54, 1.807) is 0 Å². The zero-order valence-corrected chi connectivity index (χ0v) is 18.1. The largest absolute Gasteiger partial charge is 0.379 e. The molecule has 0 aliphatic rings. The molecule has 8 nitrogen and oxygen atoms in total. The van der Waals surface area contributed by atoms with Crippen molar-refractivity contribution in [2.45, 2.75) is 47.0 Å². The summed E-state index contributed by atoms with van der Waals surface area (Å²) < 4.78 is 21.5. The van der Waals surface area contributed by atoms with E-state index in [1.165, 1.54) is 0 Å². The topological polar surface area (TPSA) is 95.1 Å². The Bertz CT molecular complexity index is 399. The molecule has 0 fully saturated rings. The van der Waals surface area contributed by atoms with E-state index in [2.05, 4.69) is 31.4 Å². The van der Waals surface area contributed by atoms with E-state index in [1.807, 2.05) is 6.92 Å². The molecule has 0 atom stereocenters. The van der Waals surface area contributed by atoms with E-state index in [0.29, 0.717) is 78.8 Å². The highest BCUT2D eigenvalue weighted by atomic mass is 16.6. The van der Waals surface area contributed by atoms with Crippen molar-refractivity contribution in [3.05, 3.63) is 0 Å². The van der Waals surface area contributed by atoms with Gasteiger partial charge < -0.3 is 29.6 Å². The summed E-state index contributed by atoms with van der Waals surface area (Å²) >= 11 is 0. The van der Waals surface area contributed by atoms with Crippen LogP contribution < -0.4 is 10.6 Å². The summed E-state index contributed by atoms with van der Waals surface area (Å²) in [6.45, 7) is 13.2. The molecule has 0 saturated heterocycles. The van der Waals surface area contributed by atoms with Gasteiger partial charge in [0, 0.05) is 25.9 Å². The Morgan fingerprint density at radius 3 is 1.64 bits per heavy atom. The lowest BCUT2D eigenvalue weighted by molar-refractivity contribution is -0.123. The van der Waals surface area contributed by atoms with E-state index in [4.69, 9.17) is 18.9 Å². The maximum absolute atomic E-state index is 11.6. The zero-order valence-electron chi connectivity index (χ0n) is 18.1. The van der Waals surface area contributed by atoms with Crippen LogP contribution in [-0.4, -0.2) is 77.8 Å². The Morgan fingerprint density at radius 2 is 1.14 bits per heavy atom. The normalized spacial score (nSPS) is 11.4. The third-order valence-corrected chi connectivity index (χ3v) is 3.45.